The van der Waals surface area contributed by atoms with Crippen LogP contribution in [-0.2, 0) is 11.3 Å². The van der Waals surface area contributed by atoms with Crippen molar-refractivity contribution in [2.24, 2.45) is 0 Å². The summed E-state index contributed by atoms with van der Waals surface area (Å²) in [7, 11) is 0. The molecule has 0 spiro atoms. The lowest BCUT2D eigenvalue weighted by Crippen LogP contribution is -2.30. The molecular weight excluding hydrogens is 348 g/mol. The average Bonchev–Trinajstić information content (AvgIpc) is 3.21. The SMILES string of the molecule is O=C(CCNC(=O)c1ccsc1)NCc1cn2cc(Cl)ccc2n1. The van der Waals surface area contributed by atoms with Gasteiger partial charge in [0.15, 0.2) is 0 Å². The molecule has 0 unspecified atom stereocenters. The number of hydrogen-bond donors (Lipinski definition) is 2. The molecule has 0 aliphatic carbocycles. The predicted octanol–water partition coefficient (Wildman–Crippen LogP) is 2.49. The average molecular weight is 363 g/mol. The van der Waals surface area contributed by atoms with E-state index < -0.39 is 0 Å². The molecule has 6 nitrogen and oxygen atoms in total. The van der Waals surface area contributed by atoms with E-state index in [2.05, 4.69) is 15.6 Å². The van der Waals surface area contributed by atoms with Gasteiger partial charge in [-0.15, -0.1) is 0 Å². The van der Waals surface area contributed by atoms with Gasteiger partial charge in [0, 0.05) is 36.3 Å². The third-order valence-electron chi connectivity index (χ3n) is 3.35. The minimum atomic E-state index is -0.165. The molecule has 3 aromatic rings. The molecule has 8 heteroatoms. The van der Waals surface area contributed by atoms with Crippen molar-refractivity contribution in [1.29, 1.82) is 0 Å². The first-order valence-electron chi connectivity index (χ1n) is 7.32. The van der Waals surface area contributed by atoms with Crippen molar-refractivity contribution in [2.75, 3.05) is 6.54 Å². The Hall–Kier alpha value is -2.38. The Labute approximate surface area is 147 Å². The zero-order valence-corrected chi connectivity index (χ0v) is 14.2. The third kappa shape index (κ3) is 4.12. The fraction of sp³-hybridized carbons (Fsp3) is 0.188. The van der Waals surface area contributed by atoms with E-state index in [9.17, 15) is 9.59 Å². The van der Waals surface area contributed by atoms with Gasteiger partial charge in [-0.1, -0.05) is 11.6 Å². The standard InChI is InChI=1S/C16H15ClN4O2S/c17-12-1-2-14-20-13(9-21(14)8-12)7-19-15(22)3-5-18-16(23)11-4-6-24-10-11/h1-2,4,6,8-10H,3,5,7H2,(H,18,23)(H,19,22). The summed E-state index contributed by atoms with van der Waals surface area (Å²) in [5, 5.41) is 9.73. The van der Waals surface area contributed by atoms with Crippen molar-refractivity contribution in [1.82, 2.24) is 20.0 Å². The number of nitrogens with zero attached hydrogens (tertiary/aromatic N) is 2. The number of carbonyl (C=O) groups is 2. The Balaban J connectivity index is 1.44. The highest BCUT2D eigenvalue weighted by Crippen LogP contribution is 2.11. The highest BCUT2D eigenvalue weighted by molar-refractivity contribution is 7.08. The number of hydrogen-bond acceptors (Lipinski definition) is 4. The molecule has 124 valence electrons. The summed E-state index contributed by atoms with van der Waals surface area (Å²) in [5.74, 6) is -0.308. The molecule has 0 radical (unpaired) electrons. The number of amides is 2. The van der Waals surface area contributed by atoms with Crippen LogP contribution in [0.25, 0.3) is 5.65 Å². The van der Waals surface area contributed by atoms with Gasteiger partial charge in [0.2, 0.25) is 5.91 Å². The molecule has 3 heterocycles. The van der Waals surface area contributed by atoms with Crippen LogP contribution in [0.5, 0.6) is 0 Å². The van der Waals surface area contributed by atoms with E-state index in [0.717, 1.165) is 11.3 Å². The largest absolute Gasteiger partial charge is 0.351 e. The molecular formula is C16H15ClN4O2S. The lowest BCUT2D eigenvalue weighted by atomic mass is 10.3. The molecule has 24 heavy (non-hydrogen) atoms. The molecule has 0 atom stereocenters. The number of halogens is 1. The second kappa shape index (κ2) is 7.46. The number of fused-ring (bicyclic) bond motifs is 1. The van der Waals surface area contributed by atoms with E-state index in [1.165, 1.54) is 11.3 Å². The molecule has 0 aliphatic rings. The molecule has 0 aromatic carbocycles. The van der Waals surface area contributed by atoms with Crippen LogP contribution in [0, 0.1) is 0 Å². The summed E-state index contributed by atoms with van der Waals surface area (Å²) >= 11 is 7.38. The summed E-state index contributed by atoms with van der Waals surface area (Å²) < 4.78 is 1.81. The Kier molecular flexibility index (Phi) is 5.12. The highest BCUT2D eigenvalue weighted by atomic mass is 35.5. The lowest BCUT2D eigenvalue weighted by molar-refractivity contribution is -0.121. The Bertz CT molecular complexity index is 860. The maximum atomic E-state index is 11.8. The van der Waals surface area contributed by atoms with Gasteiger partial charge in [-0.25, -0.2) is 4.98 Å². The number of imidazole rings is 1. The lowest BCUT2D eigenvalue weighted by Gasteiger charge is -2.05. The van der Waals surface area contributed by atoms with Crippen LogP contribution in [-0.4, -0.2) is 27.7 Å². The smallest absolute Gasteiger partial charge is 0.252 e. The zero-order valence-electron chi connectivity index (χ0n) is 12.7. The molecule has 3 aromatic heterocycles. The number of nitrogens with one attached hydrogen (secondary N) is 2. The number of pyridine rings is 1. The zero-order chi connectivity index (χ0) is 16.9. The summed E-state index contributed by atoms with van der Waals surface area (Å²) in [6, 6.07) is 5.33. The topological polar surface area (TPSA) is 75.5 Å². The number of aromatic nitrogens is 2. The van der Waals surface area contributed by atoms with Crippen LogP contribution in [0.15, 0.2) is 41.4 Å². The highest BCUT2D eigenvalue weighted by Gasteiger charge is 2.08. The molecule has 0 fully saturated rings. The van der Waals surface area contributed by atoms with Crippen molar-refractivity contribution in [3.63, 3.8) is 0 Å². The van der Waals surface area contributed by atoms with Crippen molar-refractivity contribution < 1.29 is 9.59 Å². The first-order valence-corrected chi connectivity index (χ1v) is 8.64. The Morgan fingerprint density at radius 3 is 2.88 bits per heavy atom. The quantitative estimate of drug-likeness (QED) is 0.707. The normalized spacial score (nSPS) is 10.7. The fourth-order valence-electron chi connectivity index (χ4n) is 2.17. The number of thiophene rings is 1. The summed E-state index contributed by atoms with van der Waals surface area (Å²) in [6.45, 7) is 0.623. The molecule has 2 amide bonds. The molecule has 3 rings (SSSR count). The van der Waals surface area contributed by atoms with E-state index >= 15 is 0 Å². The first-order chi connectivity index (χ1) is 11.6. The van der Waals surface area contributed by atoms with Crippen molar-refractivity contribution in [3.05, 3.63) is 57.6 Å². The second-order valence-electron chi connectivity index (χ2n) is 5.14. The van der Waals surface area contributed by atoms with Crippen LogP contribution < -0.4 is 10.6 Å². The van der Waals surface area contributed by atoms with Gasteiger partial charge < -0.3 is 15.0 Å². The van der Waals surface area contributed by atoms with E-state index in [4.69, 9.17) is 11.6 Å². The van der Waals surface area contributed by atoms with Gasteiger partial charge in [-0.3, -0.25) is 9.59 Å². The van der Waals surface area contributed by atoms with Crippen LogP contribution in [0.3, 0.4) is 0 Å². The summed E-state index contributed by atoms with van der Waals surface area (Å²) in [5.41, 5.74) is 2.13. The van der Waals surface area contributed by atoms with Crippen molar-refractivity contribution >= 4 is 40.4 Å². The van der Waals surface area contributed by atoms with Gasteiger partial charge >= 0.3 is 0 Å². The van der Waals surface area contributed by atoms with Gasteiger partial charge in [0.25, 0.3) is 5.91 Å². The third-order valence-corrected chi connectivity index (χ3v) is 4.26. The minimum Gasteiger partial charge on any atom is -0.351 e. The predicted molar refractivity (Wildman–Crippen MR) is 93.3 cm³/mol. The van der Waals surface area contributed by atoms with E-state index in [-0.39, 0.29) is 18.2 Å². The molecule has 0 saturated heterocycles. The van der Waals surface area contributed by atoms with Gasteiger partial charge in [0.05, 0.1) is 17.3 Å². The monoisotopic (exact) mass is 362 g/mol. The van der Waals surface area contributed by atoms with E-state index in [1.54, 1.807) is 23.7 Å². The van der Waals surface area contributed by atoms with Crippen molar-refractivity contribution in [2.45, 2.75) is 13.0 Å². The maximum absolute atomic E-state index is 11.8. The van der Waals surface area contributed by atoms with Crippen LogP contribution in [0.4, 0.5) is 0 Å². The van der Waals surface area contributed by atoms with Gasteiger partial charge in [-0.05, 0) is 23.6 Å². The number of carbonyl (C=O) groups excluding carboxylic acids is 2. The molecule has 0 saturated carbocycles. The second-order valence-corrected chi connectivity index (χ2v) is 6.36. The van der Waals surface area contributed by atoms with Crippen LogP contribution >= 0.6 is 22.9 Å². The summed E-state index contributed by atoms with van der Waals surface area (Å²) in [4.78, 5) is 28.0. The van der Waals surface area contributed by atoms with Gasteiger partial charge in [0.1, 0.15) is 5.65 Å². The molecule has 2 N–H and O–H groups in total. The fourth-order valence-corrected chi connectivity index (χ4v) is 2.97. The number of rotatable bonds is 6. The van der Waals surface area contributed by atoms with E-state index in [1.807, 2.05) is 22.0 Å². The Morgan fingerprint density at radius 1 is 1.21 bits per heavy atom. The first kappa shape index (κ1) is 16.5. The maximum Gasteiger partial charge on any atom is 0.252 e. The van der Waals surface area contributed by atoms with Crippen molar-refractivity contribution in [3.8, 4) is 0 Å². The molecule has 0 bridgehead atoms. The van der Waals surface area contributed by atoms with E-state index in [0.29, 0.717) is 23.7 Å². The van der Waals surface area contributed by atoms with Crippen LogP contribution in [0.1, 0.15) is 22.5 Å². The molecule has 0 aliphatic heterocycles. The van der Waals surface area contributed by atoms with Crippen LogP contribution in [0.2, 0.25) is 5.02 Å². The van der Waals surface area contributed by atoms with Gasteiger partial charge in [-0.2, -0.15) is 11.3 Å². The Morgan fingerprint density at radius 2 is 2.08 bits per heavy atom. The summed E-state index contributed by atoms with van der Waals surface area (Å²) in [6.07, 6.45) is 3.80. The minimum absolute atomic E-state index is 0.143.